The second-order valence-corrected chi connectivity index (χ2v) is 12.8. The van der Waals surface area contributed by atoms with Crippen molar-refractivity contribution in [3.63, 3.8) is 0 Å². The molecule has 5 heterocycles. The van der Waals surface area contributed by atoms with Gasteiger partial charge in [0.15, 0.2) is 10.8 Å². The summed E-state index contributed by atoms with van der Waals surface area (Å²) in [6, 6.07) is -0.879. The first-order chi connectivity index (χ1) is 19.3. The van der Waals surface area contributed by atoms with Crippen LogP contribution in [0.5, 0.6) is 0 Å². The highest BCUT2D eigenvalue weighted by molar-refractivity contribution is 8.01. The van der Waals surface area contributed by atoms with E-state index in [1.807, 2.05) is 0 Å². The summed E-state index contributed by atoms with van der Waals surface area (Å²) in [6.07, 6.45) is 5.67. The number of fused-ring (bicyclic) bond motifs is 1. The normalized spacial score (nSPS) is 24.2. The fraction of sp³-hybridized carbons (Fsp3) is 0.476. The summed E-state index contributed by atoms with van der Waals surface area (Å²) in [5, 5.41) is 32.3. The van der Waals surface area contributed by atoms with E-state index in [0.29, 0.717) is 11.6 Å². The summed E-state index contributed by atoms with van der Waals surface area (Å²) in [6.45, 7) is 0.106. The molecule has 3 saturated heterocycles. The minimum atomic E-state index is -1.26. The van der Waals surface area contributed by atoms with Gasteiger partial charge in [-0.2, -0.15) is 11.8 Å². The van der Waals surface area contributed by atoms with Gasteiger partial charge in [-0.25, -0.2) is 9.67 Å². The summed E-state index contributed by atoms with van der Waals surface area (Å²) in [5.74, 6) is 2.10. The van der Waals surface area contributed by atoms with Gasteiger partial charge >= 0.3 is 5.97 Å². The molecule has 3 fully saturated rings. The van der Waals surface area contributed by atoms with Crippen molar-refractivity contribution in [3.8, 4) is 12.3 Å². The van der Waals surface area contributed by atoms with Gasteiger partial charge in [-0.1, -0.05) is 22.8 Å². The highest BCUT2D eigenvalue weighted by Crippen LogP contribution is 2.44. The Bertz CT molecular complexity index is 1390. The Labute approximate surface area is 243 Å². The minimum absolute atomic E-state index is 0.0366. The standard InChI is InChI=1S/C21H21N9O6S4/c1-2-3-30-20(25-27-28-30)40-9-21(18(34)35)7-29-16(33)14(17(29)39-8-21)24-15(32)13(26-36-11-4-37-5-11)12-6-38-19(23-12)22-10-31/h1,6,10-11,14,17H,3-5,7-9H2,(H,24,32)(H,34,35)(H,22,23,31)/t14?,17-,21?/m1/s1. The topological polar surface area (TPSA) is 194 Å². The van der Waals surface area contributed by atoms with E-state index in [9.17, 15) is 24.3 Å². The molecule has 0 aliphatic carbocycles. The van der Waals surface area contributed by atoms with Crippen LogP contribution in [0.25, 0.3) is 0 Å². The molecule has 3 aliphatic heterocycles. The van der Waals surface area contributed by atoms with Gasteiger partial charge < -0.3 is 25.5 Å². The molecular weight excluding hydrogens is 603 g/mol. The number of hydrogen-bond donors (Lipinski definition) is 3. The zero-order valence-electron chi connectivity index (χ0n) is 20.5. The van der Waals surface area contributed by atoms with Crippen molar-refractivity contribution in [1.82, 2.24) is 35.4 Å². The number of aliphatic carboxylic acids is 1. The molecule has 0 saturated carbocycles. The maximum Gasteiger partial charge on any atom is 0.313 e. The maximum atomic E-state index is 13.2. The number of carbonyl (C=O) groups is 4. The Kier molecular flexibility index (Phi) is 8.48. The van der Waals surface area contributed by atoms with Crippen molar-refractivity contribution in [2.24, 2.45) is 10.6 Å². The van der Waals surface area contributed by atoms with Gasteiger partial charge in [-0.05, 0) is 10.4 Å². The summed E-state index contributed by atoms with van der Waals surface area (Å²) < 4.78 is 1.40. The maximum absolute atomic E-state index is 13.2. The Morgan fingerprint density at radius 1 is 1.43 bits per heavy atom. The minimum Gasteiger partial charge on any atom is -0.481 e. The van der Waals surface area contributed by atoms with E-state index in [0.717, 1.165) is 34.6 Å². The van der Waals surface area contributed by atoms with Crippen LogP contribution in [0.15, 0.2) is 15.7 Å². The smallest absolute Gasteiger partial charge is 0.313 e. The molecule has 0 radical (unpaired) electrons. The average Bonchev–Trinajstić information content (AvgIpc) is 3.57. The van der Waals surface area contributed by atoms with E-state index in [-0.39, 0.29) is 47.2 Å². The van der Waals surface area contributed by atoms with Crippen LogP contribution < -0.4 is 10.6 Å². The molecule has 3 aliphatic rings. The number of nitrogens with zero attached hydrogens (tertiary/aromatic N) is 7. The largest absolute Gasteiger partial charge is 0.481 e. The summed E-state index contributed by atoms with van der Waals surface area (Å²) >= 11 is 5.22. The summed E-state index contributed by atoms with van der Waals surface area (Å²) in [5.41, 5.74) is -1.19. The number of thiazole rings is 1. The number of thioether (sulfide) groups is 3. The first-order valence-electron chi connectivity index (χ1n) is 11.6. The zero-order chi connectivity index (χ0) is 28.3. The Balaban J connectivity index is 1.25. The Morgan fingerprint density at radius 3 is 2.95 bits per heavy atom. The number of rotatable bonds is 12. The quantitative estimate of drug-likeness (QED) is 0.0680. The van der Waals surface area contributed by atoms with Crippen LogP contribution in [0.2, 0.25) is 0 Å². The lowest BCUT2D eigenvalue weighted by atomic mass is 9.89. The van der Waals surface area contributed by atoms with Crippen LogP contribution in [0, 0.1) is 17.8 Å². The third-order valence-electron chi connectivity index (χ3n) is 6.15. The lowest BCUT2D eigenvalue weighted by Crippen LogP contribution is -2.74. The molecule has 40 heavy (non-hydrogen) atoms. The number of oxime groups is 1. The highest BCUT2D eigenvalue weighted by atomic mass is 32.2. The number of tetrazole rings is 1. The van der Waals surface area contributed by atoms with Crippen molar-refractivity contribution in [1.29, 1.82) is 0 Å². The van der Waals surface area contributed by atoms with E-state index >= 15 is 0 Å². The van der Waals surface area contributed by atoms with E-state index in [2.05, 4.69) is 42.2 Å². The van der Waals surface area contributed by atoms with Gasteiger partial charge in [0, 0.05) is 34.9 Å². The van der Waals surface area contributed by atoms with Crippen molar-refractivity contribution >= 4 is 81.7 Å². The SMILES string of the molecule is C#CCn1nnnc1SCC1(C(=O)O)CS[C@@H]2C(NC(=O)C(=NOC3CSC3)c3csc(NC=O)n3)C(=O)N2C1. The molecule has 3 atom stereocenters. The molecule has 15 nitrogen and oxygen atoms in total. The monoisotopic (exact) mass is 623 g/mol. The Morgan fingerprint density at radius 2 is 2.25 bits per heavy atom. The fourth-order valence-electron chi connectivity index (χ4n) is 3.91. The number of carboxylic acid groups (broad SMARTS) is 1. The molecule has 5 rings (SSSR count). The predicted molar refractivity (Wildman–Crippen MR) is 148 cm³/mol. The number of hydrogen-bond acceptors (Lipinski definition) is 14. The van der Waals surface area contributed by atoms with Crippen molar-refractivity contribution in [2.75, 3.05) is 34.9 Å². The fourth-order valence-corrected chi connectivity index (χ4v) is 7.85. The van der Waals surface area contributed by atoms with Gasteiger partial charge in [-0.3, -0.25) is 19.2 Å². The molecule has 0 aromatic carbocycles. The molecule has 0 bridgehead atoms. The lowest BCUT2D eigenvalue weighted by molar-refractivity contribution is -0.157. The number of anilines is 1. The lowest BCUT2D eigenvalue weighted by Gasteiger charge is -2.53. The number of carboxylic acids is 1. The summed E-state index contributed by atoms with van der Waals surface area (Å²) in [4.78, 5) is 60.6. The molecule has 210 valence electrons. The van der Waals surface area contributed by atoms with E-state index in [1.54, 1.807) is 17.1 Å². The van der Waals surface area contributed by atoms with Gasteiger partial charge in [0.1, 0.15) is 35.2 Å². The van der Waals surface area contributed by atoms with Crippen LogP contribution in [0.4, 0.5) is 5.13 Å². The van der Waals surface area contributed by atoms with E-state index in [4.69, 9.17) is 11.3 Å². The molecule has 3 amide bonds. The first-order valence-corrected chi connectivity index (χ1v) is 15.7. The molecule has 2 aromatic heterocycles. The first kappa shape index (κ1) is 28.2. The van der Waals surface area contributed by atoms with Crippen molar-refractivity contribution in [2.45, 2.75) is 29.2 Å². The van der Waals surface area contributed by atoms with Crippen LogP contribution in [0.3, 0.4) is 0 Å². The third kappa shape index (κ3) is 5.61. The molecule has 3 N–H and O–H groups in total. The Hall–Kier alpha value is -3.34. The van der Waals surface area contributed by atoms with Crippen molar-refractivity contribution in [3.05, 3.63) is 11.1 Å². The van der Waals surface area contributed by atoms with Crippen LogP contribution in [-0.2, 0) is 30.6 Å². The van der Waals surface area contributed by atoms with Gasteiger partial charge in [0.2, 0.25) is 17.5 Å². The molecule has 0 spiro atoms. The number of terminal acetylenes is 1. The van der Waals surface area contributed by atoms with E-state index in [1.165, 1.54) is 21.3 Å². The summed E-state index contributed by atoms with van der Waals surface area (Å²) in [7, 11) is 0. The van der Waals surface area contributed by atoms with E-state index < -0.39 is 34.6 Å². The zero-order valence-corrected chi connectivity index (χ0v) is 23.7. The number of β-lactam (4-membered cyclic amide) rings is 1. The second kappa shape index (κ2) is 12.0. The highest BCUT2D eigenvalue weighted by Gasteiger charge is 2.57. The molecule has 2 aromatic rings. The van der Waals surface area contributed by atoms with Crippen LogP contribution >= 0.6 is 46.6 Å². The number of carbonyl (C=O) groups excluding carboxylic acids is 3. The third-order valence-corrected chi connectivity index (χ3v) is 11.0. The van der Waals surface area contributed by atoms with Gasteiger partial charge in [-0.15, -0.1) is 34.6 Å². The van der Waals surface area contributed by atoms with Gasteiger partial charge in [0.25, 0.3) is 5.91 Å². The molecule has 19 heteroatoms. The molecular formula is C21H21N9O6S4. The second-order valence-electron chi connectivity index (χ2n) is 8.82. The number of amides is 3. The number of nitrogens with one attached hydrogen (secondary N) is 2. The predicted octanol–water partition coefficient (Wildman–Crippen LogP) is -0.570. The number of aromatic nitrogens is 5. The van der Waals surface area contributed by atoms with Crippen LogP contribution in [-0.4, -0.2) is 112 Å². The van der Waals surface area contributed by atoms with Gasteiger partial charge in [0.05, 0.1) is 0 Å². The average molecular weight is 624 g/mol. The molecule has 2 unspecified atom stereocenters. The van der Waals surface area contributed by atoms with Crippen molar-refractivity contribution < 1.29 is 29.1 Å². The van der Waals surface area contributed by atoms with Crippen LogP contribution in [0.1, 0.15) is 5.69 Å².